The second-order valence-corrected chi connectivity index (χ2v) is 4.94. The largest absolute Gasteiger partial charge is 0.508 e. The summed E-state index contributed by atoms with van der Waals surface area (Å²) >= 11 is 0. The average Bonchev–Trinajstić information content (AvgIpc) is 2.50. The number of hydrogen-bond donors (Lipinski definition) is 2. The number of phenols is 2. The van der Waals surface area contributed by atoms with Gasteiger partial charge in [-0.1, -0.05) is 42.5 Å². The number of fused-ring (bicyclic) bond motifs is 1. The maximum atomic E-state index is 12.4. The van der Waals surface area contributed by atoms with E-state index in [2.05, 4.69) is 0 Å². The lowest BCUT2D eigenvalue weighted by molar-refractivity contribution is 0.0990. The molecule has 21 heavy (non-hydrogen) atoms. The van der Waals surface area contributed by atoms with E-state index in [-0.39, 0.29) is 29.3 Å². The molecule has 3 aromatic rings. The van der Waals surface area contributed by atoms with Crippen molar-refractivity contribution in [2.75, 3.05) is 0 Å². The van der Waals surface area contributed by atoms with Crippen molar-refractivity contribution in [1.29, 1.82) is 0 Å². The van der Waals surface area contributed by atoms with Gasteiger partial charge < -0.3 is 10.2 Å². The first kappa shape index (κ1) is 13.2. The van der Waals surface area contributed by atoms with Gasteiger partial charge in [0.25, 0.3) is 0 Å². The van der Waals surface area contributed by atoms with Crippen molar-refractivity contribution < 1.29 is 15.0 Å². The first-order valence-electron chi connectivity index (χ1n) is 6.67. The van der Waals surface area contributed by atoms with Crippen LogP contribution < -0.4 is 0 Å². The van der Waals surface area contributed by atoms with E-state index < -0.39 is 0 Å². The maximum Gasteiger partial charge on any atom is 0.171 e. The van der Waals surface area contributed by atoms with Crippen LogP contribution in [-0.2, 0) is 6.42 Å². The molecule has 0 heterocycles. The predicted molar refractivity (Wildman–Crippen MR) is 81.8 cm³/mol. The van der Waals surface area contributed by atoms with E-state index in [1.165, 1.54) is 18.2 Å². The van der Waals surface area contributed by atoms with Crippen molar-refractivity contribution in [3.05, 3.63) is 71.8 Å². The molecule has 0 spiro atoms. The van der Waals surface area contributed by atoms with E-state index in [0.717, 1.165) is 16.3 Å². The molecule has 0 bridgehead atoms. The lowest BCUT2D eigenvalue weighted by atomic mass is 9.97. The average molecular weight is 278 g/mol. The fourth-order valence-corrected chi connectivity index (χ4v) is 2.46. The highest BCUT2D eigenvalue weighted by molar-refractivity contribution is 6.02. The number of aromatic hydroxyl groups is 2. The molecule has 0 saturated carbocycles. The molecule has 2 N–H and O–H groups in total. The zero-order valence-corrected chi connectivity index (χ0v) is 11.3. The lowest BCUT2D eigenvalue weighted by Crippen LogP contribution is -2.04. The molecule has 0 aromatic heterocycles. The van der Waals surface area contributed by atoms with Gasteiger partial charge >= 0.3 is 0 Å². The van der Waals surface area contributed by atoms with Crippen LogP contribution in [-0.4, -0.2) is 16.0 Å². The highest BCUT2D eigenvalue weighted by Gasteiger charge is 2.14. The Morgan fingerprint density at radius 1 is 0.905 bits per heavy atom. The predicted octanol–water partition coefficient (Wildman–Crippen LogP) is 3.68. The Morgan fingerprint density at radius 3 is 2.52 bits per heavy atom. The minimum atomic E-state index is -0.222. The molecule has 0 fully saturated rings. The molecule has 3 heteroatoms. The van der Waals surface area contributed by atoms with Gasteiger partial charge in [-0.3, -0.25) is 4.79 Å². The molecule has 0 aliphatic rings. The summed E-state index contributed by atoms with van der Waals surface area (Å²) in [5.74, 6) is -0.369. The minimum absolute atomic E-state index is 0.0333. The Morgan fingerprint density at radius 2 is 1.67 bits per heavy atom. The second kappa shape index (κ2) is 5.29. The fraction of sp³-hybridized carbons (Fsp3) is 0.0556. The van der Waals surface area contributed by atoms with Crippen LogP contribution in [0.3, 0.4) is 0 Å². The van der Waals surface area contributed by atoms with Gasteiger partial charge in [-0.05, 0) is 34.5 Å². The van der Waals surface area contributed by atoms with Crippen molar-refractivity contribution >= 4 is 16.6 Å². The highest BCUT2D eigenvalue weighted by Crippen LogP contribution is 2.25. The third-order valence-electron chi connectivity index (χ3n) is 3.51. The van der Waals surface area contributed by atoms with Crippen molar-refractivity contribution in [3.8, 4) is 11.5 Å². The van der Waals surface area contributed by atoms with Crippen molar-refractivity contribution in [3.63, 3.8) is 0 Å². The molecule has 104 valence electrons. The summed E-state index contributed by atoms with van der Waals surface area (Å²) in [6.45, 7) is 0. The molecule has 0 amide bonds. The van der Waals surface area contributed by atoms with Gasteiger partial charge in [-0.25, -0.2) is 0 Å². The summed E-state index contributed by atoms with van der Waals surface area (Å²) in [6, 6.07) is 17.6. The number of rotatable bonds is 3. The normalized spacial score (nSPS) is 10.7. The summed E-state index contributed by atoms with van der Waals surface area (Å²) in [5, 5.41) is 21.3. The van der Waals surface area contributed by atoms with Crippen LogP contribution in [0.5, 0.6) is 11.5 Å². The number of hydrogen-bond acceptors (Lipinski definition) is 3. The number of carbonyl (C=O) groups is 1. The molecule has 3 rings (SSSR count). The Hall–Kier alpha value is -2.81. The molecule has 3 aromatic carbocycles. The Bertz CT molecular complexity index is 816. The summed E-state index contributed by atoms with van der Waals surface area (Å²) < 4.78 is 0. The summed E-state index contributed by atoms with van der Waals surface area (Å²) in [6.07, 6.45) is 0.179. The zero-order chi connectivity index (χ0) is 14.8. The quantitative estimate of drug-likeness (QED) is 0.567. The molecule has 0 aliphatic carbocycles. The van der Waals surface area contributed by atoms with Crippen LogP contribution >= 0.6 is 0 Å². The number of phenolic OH excluding ortho intramolecular Hbond substituents is 2. The summed E-state index contributed by atoms with van der Waals surface area (Å²) in [5.41, 5.74) is 1.05. The van der Waals surface area contributed by atoms with E-state index in [1.54, 1.807) is 0 Å². The first-order valence-corrected chi connectivity index (χ1v) is 6.67. The SMILES string of the molecule is O=C(Cc1cccc2ccccc12)c1cc(O)ccc1O. The van der Waals surface area contributed by atoms with Crippen LogP contribution in [0, 0.1) is 0 Å². The monoisotopic (exact) mass is 278 g/mol. The third-order valence-corrected chi connectivity index (χ3v) is 3.51. The van der Waals surface area contributed by atoms with E-state index in [4.69, 9.17) is 0 Å². The Balaban J connectivity index is 1.99. The third kappa shape index (κ3) is 2.58. The molecule has 3 nitrogen and oxygen atoms in total. The van der Waals surface area contributed by atoms with Crippen LogP contribution in [0.1, 0.15) is 15.9 Å². The van der Waals surface area contributed by atoms with E-state index >= 15 is 0 Å². The van der Waals surface area contributed by atoms with Gasteiger partial charge in [0.2, 0.25) is 0 Å². The van der Waals surface area contributed by atoms with Crippen molar-refractivity contribution in [2.45, 2.75) is 6.42 Å². The zero-order valence-electron chi connectivity index (χ0n) is 11.3. The van der Waals surface area contributed by atoms with E-state index in [1.807, 2.05) is 42.5 Å². The number of benzene rings is 3. The maximum absolute atomic E-state index is 12.4. The molecule has 0 atom stereocenters. The summed E-state index contributed by atoms with van der Waals surface area (Å²) in [7, 11) is 0. The van der Waals surface area contributed by atoms with Gasteiger partial charge in [0.15, 0.2) is 5.78 Å². The van der Waals surface area contributed by atoms with Gasteiger partial charge in [-0.15, -0.1) is 0 Å². The van der Waals surface area contributed by atoms with Gasteiger partial charge in [-0.2, -0.15) is 0 Å². The minimum Gasteiger partial charge on any atom is -0.508 e. The Kier molecular flexibility index (Phi) is 3.32. The van der Waals surface area contributed by atoms with E-state index in [9.17, 15) is 15.0 Å². The van der Waals surface area contributed by atoms with Crippen molar-refractivity contribution in [2.24, 2.45) is 0 Å². The van der Waals surface area contributed by atoms with Crippen LogP contribution in [0.15, 0.2) is 60.7 Å². The van der Waals surface area contributed by atoms with Gasteiger partial charge in [0, 0.05) is 6.42 Å². The highest BCUT2D eigenvalue weighted by atomic mass is 16.3. The summed E-state index contributed by atoms with van der Waals surface area (Å²) in [4.78, 5) is 12.4. The Labute approximate surface area is 122 Å². The number of ketones is 1. The molecule has 0 radical (unpaired) electrons. The standard InChI is InChI=1S/C18H14O3/c19-14-8-9-17(20)16(11-14)18(21)10-13-6-3-5-12-4-1-2-7-15(12)13/h1-9,11,19-20H,10H2. The molecule has 0 saturated heterocycles. The number of carbonyl (C=O) groups excluding carboxylic acids is 1. The van der Waals surface area contributed by atoms with Crippen molar-refractivity contribution in [1.82, 2.24) is 0 Å². The van der Waals surface area contributed by atoms with Crippen LogP contribution in [0.25, 0.3) is 10.8 Å². The van der Waals surface area contributed by atoms with E-state index in [0.29, 0.717) is 0 Å². The van der Waals surface area contributed by atoms with Gasteiger partial charge in [0.05, 0.1) is 5.56 Å². The molecular weight excluding hydrogens is 264 g/mol. The molecule has 0 aliphatic heterocycles. The fourth-order valence-electron chi connectivity index (χ4n) is 2.46. The molecule has 0 unspecified atom stereocenters. The second-order valence-electron chi connectivity index (χ2n) is 4.94. The lowest BCUT2D eigenvalue weighted by Gasteiger charge is -2.07. The van der Waals surface area contributed by atoms with Gasteiger partial charge in [0.1, 0.15) is 11.5 Å². The molecular formula is C18H14O3. The smallest absolute Gasteiger partial charge is 0.171 e. The van der Waals surface area contributed by atoms with Crippen LogP contribution in [0.4, 0.5) is 0 Å². The van der Waals surface area contributed by atoms with Crippen LogP contribution in [0.2, 0.25) is 0 Å². The first-order chi connectivity index (χ1) is 10.1. The number of Topliss-reactive ketones (excluding diaryl/α,β-unsaturated/α-hetero) is 1. The topological polar surface area (TPSA) is 57.5 Å².